The first-order valence-electron chi connectivity index (χ1n) is 8.37. The molecule has 0 aliphatic carbocycles. The van der Waals surface area contributed by atoms with Gasteiger partial charge in [0.05, 0.1) is 6.61 Å². The molecule has 0 radical (unpaired) electrons. The van der Waals surface area contributed by atoms with E-state index in [1.54, 1.807) is 30.3 Å². The summed E-state index contributed by atoms with van der Waals surface area (Å²) in [6.45, 7) is 2.26. The van der Waals surface area contributed by atoms with E-state index in [2.05, 4.69) is 0 Å². The van der Waals surface area contributed by atoms with Crippen LogP contribution >= 0.6 is 0 Å². The third-order valence-corrected chi connectivity index (χ3v) is 3.76. The lowest BCUT2D eigenvalue weighted by atomic mass is 10.1. The number of phenols is 2. The number of ether oxygens (including phenoxy) is 1. The number of aromatic hydroxyl groups is 2. The molecule has 0 aromatic heterocycles. The minimum atomic E-state index is -0.0446. The fraction of sp³-hybridized carbons (Fsp3) is 0.136. The molecule has 0 atom stereocenters. The molecule has 3 aromatic rings. The van der Waals surface area contributed by atoms with E-state index in [1.165, 1.54) is 12.1 Å². The number of aliphatic hydroxyl groups excluding tert-OH is 1. The van der Waals surface area contributed by atoms with Gasteiger partial charge >= 0.3 is 0 Å². The molecule has 0 spiro atoms. The molecule has 0 saturated carbocycles. The Morgan fingerprint density at radius 3 is 2.19 bits per heavy atom. The van der Waals surface area contributed by atoms with Crippen molar-refractivity contribution in [2.45, 2.75) is 20.1 Å². The van der Waals surface area contributed by atoms with Gasteiger partial charge in [0.2, 0.25) is 0 Å². The zero-order valence-corrected chi connectivity index (χ0v) is 15.0. The van der Waals surface area contributed by atoms with E-state index in [0.29, 0.717) is 24.2 Å². The molecule has 0 unspecified atom stereocenters. The van der Waals surface area contributed by atoms with Crippen molar-refractivity contribution in [3.63, 3.8) is 0 Å². The van der Waals surface area contributed by atoms with Gasteiger partial charge in [0.15, 0.2) is 0 Å². The van der Waals surface area contributed by atoms with Crippen LogP contribution in [0, 0.1) is 6.92 Å². The zero-order chi connectivity index (χ0) is 19.6. The van der Waals surface area contributed by atoms with Gasteiger partial charge in [-0.05, 0) is 42.3 Å². The molecule has 0 aliphatic rings. The smallest absolute Gasteiger partial charge is 0.150 e. The van der Waals surface area contributed by atoms with E-state index in [-0.39, 0.29) is 18.1 Å². The molecular weight excluding hydrogens is 344 g/mol. The maximum atomic E-state index is 10.0. The lowest BCUT2D eigenvalue weighted by Crippen LogP contribution is -2.00. The molecule has 0 bridgehead atoms. The van der Waals surface area contributed by atoms with Gasteiger partial charge in [-0.15, -0.1) is 0 Å². The number of aliphatic hydroxyl groups is 1. The van der Waals surface area contributed by atoms with Crippen molar-refractivity contribution in [1.82, 2.24) is 0 Å². The molecule has 0 amide bonds. The highest BCUT2D eigenvalue weighted by molar-refractivity contribution is 5.75. The number of para-hydroxylation sites is 1. The van der Waals surface area contributed by atoms with Gasteiger partial charge in [0.25, 0.3) is 0 Å². The third-order valence-electron chi connectivity index (χ3n) is 3.76. The van der Waals surface area contributed by atoms with Crippen LogP contribution in [0.4, 0.5) is 0 Å². The van der Waals surface area contributed by atoms with Crippen LogP contribution in [-0.2, 0) is 13.2 Å². The van der Waals surface area contributed by atoms with E-state index in [9.17, 15) is 15.0 Å². The van der Waals surface area contributed by atoms with Crippen molar-refractivity contribution in [3.8, 4) is 17.2 Å². The Morgan fingerprint density at radius 2 is 1.59 bits per heavy atom. The summed E-state index contributed by atoms with van der Waals surface area (Å²) in [6, 6.07) is 18.8. The molecule has 5 heteroatoms. The summed E-state index contributed by atoms with van der Waals surface area (Å²) >= 11 is 0. The zero-order valence-electron chi connectivity index (χ0n) is 15.0. The molecule has 0 fully saturated rings. The standard InChI is InChI=1S/C15H16O3.C7H6O2/c1-11-4-2-6-13(9-16)15(11)18-10-12-5-3-7-14(17)8-12;8-5-6-2-1-3-7(9)4-6/h2-8,16-17H,9-10H2,1H3;1-5,9H. The number of carbonyl (C=O) groups excluding carboxylic acids is 1. The average molecular weight is 366 g/mol. The highest BCUT2D eigenvalue weighted by Crippen LogP contribution is 2.24. The monoisotopic (exact) mass is 366 g/mol. The number of hydrogen-bond acceptors (Lipinski definition) is 5. The van der Waals surface area contributed by atoms with Gasteiger partial charge in [-0.1, -0.05) is 42.5 Å². The molecule has 3 aromatic carbocycles. The number of aryl methyl sites for hydroxylation is 1. The quantitative estimate of drug-likeness (QED) is 0.595. The van der Waals surface area contributed by atoms with Gasteiger partial charge in [-0.25, -0.2) is 0 Å². The van der Waals surface area contributed by atoms with E-state index < -0.39 is 0 Å². The van der Waals surface area contributed by atoms with Crippen LogP contribution in [0.1, 0.15) is 27.0 Å². The van der Waals surface area contributed by atoms with Crippen LogP contribution in [0.15, 0.2) is 66.7 Å². The Labute approximate surface area is 158 Å². The van der Waals surface area contributed by atoms with Gasteiger partial charge < -0.3 is 20.1 Å². The summed E-state index contributed by atoms with van der Waals surface area (Å²) in [4.78, 5) is 10.0. The summed E-state index contributed by atoms with van der Waals surface area (Å²) in [6.07, 6.45) is 0.694. The summed E-state index contributed by atoms with van der Waals surface area (Å²) in [5.74, 6) is 1.06. The number of hydrogen-bond donors (Lipinski definition) is 3. The molecular formula is C22H22O5. The normalized spacial score (nSPS) is 9.85. The number of phenolic OH excluding ortho intramolecular Hbond substituents is 2. The fourth-order valence-corrected chi connectivity index (χ4v) is 2.44. The van der Waals surface area contributed by atoms with Crippen molar-refractivity contribution >= 4 is 6.29 Å². The molecule has 0 heterocycles. The minimum absolute atomic E-state index is 0.0446. The van der Waals surface area contributed by atoms with Crippen molar-refractivity contribution in [2.75, 3.05) is 0 Å². The highest BCUT2D eigenvalue weighted by Gasteiger charge is 2.06. The van der Waals surface area contributed by atoms with Gasteiger partial charge in [0, 0.05) is 11.1 Å². The summed E-state index contributed by atoms with van der Waals surface area (Å²) in [5.41, 5.74) is 3.15. The fourth-order valence-electron chi connectivity index (χ4n) is 2.44. The van der Waals surface area contributed by atoms with Gasteiger partial charge in [0.1, 0.15) is 30.1 Å². The lowest BCUT2D eigenvalue weighted by Gasteiger charge is -2.13. The van der Waals surface area contributed by atoms with Crippen molar-refractivity contribution in [1.29, 1.82) is 0 Å². The van der Waals surface area contributed by atoms with Crippen LogP contribution in [0.3, 0.4) is 0 Å². The van der Waals surface area contributed by atoms with Crippen molar-refractivity contribution < 1.29 is 24.9 Å². The predicted octanol–water partition coefficient (Wildman–Crippen LogP) is 3.98. The second-order valence-electron chi connectivity index (χ2n) is 5.89. The summed E-state index contributed by atoms with van der Waals surface area (Å²) in [7, 11) is 0. The topological polar surface area (TPSA) is 87.0 Å². The van der Waals surface area contributed by atoms with Crippen LogP contribution in [0.5, 0.6) is 17.2 Å². The maximum Gasteiger partial charge on any atom is 0.150 e. The van der Waals surface area contributed by atoms with Crippen LogP contribution in [0.2, 0.25) is 0 Å². The van der Waals surface area contributed by atoms with E-state index in [0.717, 1.165) is 16.7 Å². The van der Waals surface area contributed by atoms with Gasteiger partial charge in [-0.2, -0.15) is 0 Å². The average Bonchev–Trinajstić information content (AvgIpc) is 2.67. The molecule has 3 N–H and O–H groups in total. The molecule has 27 heavy (non-hydrogen) atoms. The maximum absolute atomic E-state index is 10.0. The van der Waals surface area contributed by atoms with Crippen LogP contribution in [-0.4, -0.2) is 21.6 Å². The van der Waals surface area contributed by atoms with E-state index in [4.69, 9.17) is 9.84 Å². The Bertz CT molecular complexity index is 889. The molecule has 5 nitrogen and oxygen atoms in total. The van der Waals surface area contributed by atoms with E-state index in [1.807, 2.05) is 31.2 Å². The number of rotatable bonds is 5. The summed E-state index contributed by atoms with van der Waals surface area (Å²) in [5, 5.41) is 27.4. The third kappa shape index (κ3) is 6.17. The van der Waals surface area contributed by atoms with Crippen LogP contribution < -0.4 is 4.74 Å². The minimum Gasteiger partial charge on any atom is -0.508 e. The molecule has 0 aliphatic heterocycles. The molecule has 140 valence electrons. The van der Waals surface area contributed by atoms with E-state index >= 15 is 0 Å². The Morgan fingerprint density at radius 1 is 0.926 bits per heavy atom. The number of aldehydes is 1. The highest BCUT2D eigenvalue weighted by atomic mass is 16.5. The second kappa shape index (κ2) is 9.99. The molecule has 3 rings (SSSR count). The SMILES string of the molecule is Cc1cccc(CO)c1OCc1cccc(O)c1.O=Cc1cccc(O)c1. The van der Waals surface area contributed by atoms with Crippen molar-refractivity contribution in [3.05, 3.63) is 89.0 Å². The Hall–Kier alpha value is -3.31. The first-order valence-corrected chi connectivity index (χ1v) is 8.37. The number of carbonyl (C=O) groups is 1. The predicted molar refractivity (Wildman–Crippen MR) is 103 cm³/mol. The second-order valence-corrected chi connectivity index (χ2v) is 5.89. The van der Waals surface area contributed by atoms with Gasteiger partial charge in [-0.3, -0.25) is 4.79 Å². The largest absolute Gasteiger partial charge is 0.508 e. The first kappa shape index (κ1) is 20.0. The number of benzene rings is 3. The first-order chi connectivity index (χ1) is 13.0. The Kier molecular flexibility index (Phi) is 7.40. The van der Waals surface area contributed by atoms with Crippen molar-refractivity contribution in [2.24, 2.45) is 0 Å². The van der Waals surface area contributed by atoms with Crippen LogP contribution in [0.25, 0.3) is 0 Å². The summed E-state index contributed by atoms with van der Waals surface area (Å²) < 4.78 is 5.73. The lowest BCUT2D eigenvalue weighted by molar-refractivity contribution is 0.112. The molecule has 0 saturated heterocycles. The Balaban J connectivity index is 0.000000244.